The van der Waals surface area contributed by atoms with E-state index in [9.17, 15) is 54.4 Å². The van der Waals surface area contributed by atoms with Crippen LogP contribution >= 0.6 is 11.8 Å². The summed E-state index contributed by atoms with van der Waals surface area (Å²) >= 11 is 1.09. The summed E-state index contributed by atoms with van der Waals surface area (Å²) in [5.74, 6) is -1.38. The fourth-order valence-corrected chi connectivity index (χ4v) is 9.60. The predicted molar refractivity (Wildman–Crippen MR) is 265 cm³/mol. The number of imidazole rings is 1. The van der Waals surface area contributed by atoms with Crippen molar-refractivity contribution in [2.75, 3.05) is 23.9 Å². The molecule has 72 heavy (non-hydrogen) atoms. The van der Waals surface area contributed by atoms with Gasteiger partial charge in [0.05, 0.1) is 64.2 Å². The topological polar surface area (TPSA) is 353 Å². The van der Waals surface area contributed by atoms with Gasteiger partial charge in [-0.1, -0.05) is 30.3 Å². The lowest BCUT2D eigenvalue weighted by atomic mass is 10.1. The molecule has 372 valence electrons. The Hall–Kier alpha value is -7.42. The first-order valence-corrected chi connectivity index (χ1v) is 26.8. The third-order valence-electron chi connectivity index (χ3n) is 10.3. The summed E-state index contributed by atoms with van der Waals surface area (Å²) in [5, 5.41) is 66.0. The van der Waals surface area contributed by atoms with Crippen LogP contribution in [0.4, 0.5) is 45.5 Å². The third-order valence-corrected chi connectivity index (χ3v) is 13.9. The van der Waals surface area contributed by atoms with Crippen molar-refractivity contribution >= 4 is 104 Å². The minimum Gasteiger partial charge on any atom is -0.493 e. The molecule has 0 spiro atoms. The maximum absolute atomic E-state index is 12.5. The van der Waals surface area contributed by atoms with Gasteiger partial charge in [0.15, 0.2) is 11.3 Å². The molecule has 5 N–H and O–H groups in total. The number of hydrogen-bond donors (Lipinski definition) is 5. The first kappa shape index (κ1) is 52.4. The Balaban J connectivity index is 1.26. The van der Waals surface area contributed by atoms with Crippen LogP contribution in [0, 0.1) is 25.2 Å². The smallest absolute Gasteiger partial charge is 0.296 e. The van der Waals surface area contributed by atoms with Crippen molar-refractivity contribution in [3.05, 3.63) is 119 Å². The van der Waals surface area contributed by atoms with Crippen LogP contribution in [0.1, 0.15) is 35.1 Å². The Morgan fingerprint density at radius 2 is 1.35 bits per heavy atom. The average Bonchev–Trinajstić information content (AvgIpc) is 3.72. The van der Waals surface area contributed by atoms with E-state index in [1.807, 2.05) is 0 Å². The van der Waals surface area contributed by atoms with E-state index in [-0.39, 0.29) is 99.0 Å². The summed E-state index contributed by atoms with van der Waals surface area (Å²) in [6, 6.07) is 27.2. The molecule has 0 aliphatic heterocycles. The molecule has 0 bridgehead atoms. The van der Waals surface area contributed by atoms with Gasteiger partial charge in [-0.15, -0.1) is 32.2 Å². The zero-order valence-corrected chi connectivity index (χ0v) is 41.1. The van der Waals surface area contributed by atoms with Gasteiger partial charge in [-0.2, -0.15) is 51.0 Å². The van der Waals surface area contributed by atoms with Gasteiger partial charge in [-0.3, -0.25) is 18.1 Å². The zero-order valence-electron chi connectivity index (χ0n) is 37.8. The number of hydrogen-bond acceptors (Lipinski definition) is 20. The van der Waals surface area contributed by atoms with Gasteiger partial charge in [0.25, 0.3) is 30.4 Å². The van der Waals surface area contributed by atoms with Gasteiger partial charge in [-0.05, 0) is 98.7 Å². The van der Waals surface area contributed by atoms with E-state index in [0.29, 0.717) is 27.2 Å². The number of pyridine rings is 1. The molecule has 5 aromatic carbocycles. The molecule has 2 aromatic heterocycles. The number of aliphatic hydroxyl groups excluding tert-OH is 1. The van der Waals surface area contributed by atoms with E-state index >= 15 is 0 Å². The molecule has 0 amide bonds. The van der Waals surface area contributed by atoms with Crippen molar-refractivity contribution in [1.82, 2.24) is 9.38 Å². The zero-order chi connectivity index (χ0) is 51.8. The van der Waals surface area contributed by atoms with Gasteiger partial charge >= 0.3 is 0 Å². The van der Waals surface area contributed by atoms with Crippen LogP contribution in [-0.2, 0) is 37.0 Å². The van der Waals surface area contributed by atoms with Gasteiger partial charge in [0.2, 0.25) is 5.88 Å². The average molecular weight is 1060 g/mol. The van der Waals surface area contributed by atoms with Crippen molar-refractivity contribution in [2.45, 2.75) is 43.1 Å². The molecule has 0 unspecified atom stereocenters. The van der Waals surface area contributed by atoms with E-state index in [1.165, 1.54) is 40.8 Å². The molecule has 0 saturated carbocycles. The Labute approximate surface area is 415 Å². The van der Waals surface area contributed by atoms with Gasteiger partial charge in [0.1, 0.15) is 33.7 Å². The van der Waals surface area contributed by atoms with Crippen molar-refractivity contribution in [1.29, 1.82) is 5.26 Å². The largest absolute Gasteiger partial charge is 0.493 e. The molecule has 0 atom stereocenters. The molecule has 0 aliphatic rings. The molecular weight excluding hydrogens is 1010 g/mol. The SMILES string of the molecule is Cc1cc(N=Nc2c(C)c(C#N)c3nc4ccccc4n3c2O)c(OCCCS(=O)(=O)O)cc1N=Nc1cc(CO)c(N=Nc2ccc(N=Nc3ccccc3)cc2S(=O)(=O)O)cc1SCCCS(=O)(=O)O. The highest BCUT2D eigenvalue weighted by atomic mass is 32.2. The standard InChI is InChI=1S/C45H41N11O12S4/c1-27-20-37(53-55-43-28(2)32(25-46)44-47-33-12-6-7-13-39(33)56(44)45(43)58)40(68-16-8-18-70(59,60)61)23-35(27)51-54-38-21-29(26-57)36(24-41(38)69-17-9-19-71(62,63)64)52-50-34-15-14-31(22-42(34)72(65,66)67)49-48-30-10-4-3-5-11-30/h3-7,10-15,20-24,57-58H,8-9,16-19,26H2,1-2H3,(H,59,60,61)(H,62,63,64)(H,65,66,67). The maximum Gasteiger partial charge on any atom is 0.296 e. The number of ether oxygens (including phenoxy) is 1. The lowest BCUT2D eigenvalue weighted by molar-refractivity contribution is 0.282. The number of aromatic nitrogens is 2. The number of nitriles is 1. The van der Waals surface area contributed by atoms with Crippen LogP contribution in [-0.4, -0.2) is 82.4 Å². The fraction of sp³-hybridized carbons (Fsp3) is 0.200. The lowest BCUT2D eigenvalue weighted by Gasteiger charge is -2.12. The van der Waals surface area contributed by atoms with Gasteiger partial charge in [-0.25, -0.2) is 4.98 Å². The summed E-state index contributed by atoms with van der Waals surface area (Å²) in [6.07, 6.45) is -0.134. The number of benzene rings is 5. The Morgan fingerprint density at radius 3 is 2.06 bits per heavy atom. The Morgan fingerprint density at radius 1 is 0.694 bits per heavy atom. The molecule has 7 aromatic rings. The minimum atomic E-state index is -4.87. The van der Waals surface area contributed by atoms with E-state index in [1.54, 1.807) is 68.4 Å². The number of fused-ring (bicyclic) bond motifs is 3. The van der Waals surface area contributed by atoms with Crippen molar-refractivity contribution in [3.63, 3.8) is 0 Å². The first-order valence-electron chi connectivity index (χ1n) is 21.2. The summed E-state index contributed by atoms with van der Waals surface area (Å²) < 4.78 is 107. The van der Waals surface area contributed by atoms with Gasteiger partial charge in [0, 0.05) is 22.1 Å². The maximum atomic E-state index is 12.5. The molecule has 0 saturated heterocycles. The number of thioether (sulfide) groups is 1. The number of nitrogens with zero attached hydrogens (tertiary/aromatic N) is 11. The molecule has 7 rings (SSSR count). The second-order valence-corrected chi connectivity index (χ2v) is 21.2. The highest BCUT2D eigenvalue weighted by molar-refractivity contribution is 7.99. The summed E-state index contributed by atoms with van der Waals surface area (Å²) in [6.45, 7) is 2.37. The third kappa shape index (κ3) is 13.1. The van der Waals surface area contributed by atoms with Crippen LogP contribution in [0.15, 0.2) is 148 Å². The molecule has 0 radical (unpaired) electrons. The molecule has 27 heteroatoms. The van der Waals surface area contributed by atoms with Crippen LogP contribution in [0.5, 0.6) is 11.6 Å². The highest BCUT2D eigenvalue weighted by Crippen LogP contribution is 2.43. The summed E-state index contributed by atoms with van der Waals surface area (Å²) in [4.78, 5) is 4.20. The summed E-state index contributed by atoms with van der Waals surface area (Å²) in [5.41, 5.74) is 2.92. The number of aryl methyl sites for hydroxylation is 1. The van der Waals surface area contributed by atoms with E-state index < -0.39 is 53.4 Å². The van der Waals surface area contributed by atoms with Crippen LogP contribution < -0.4 is 4.74 Å². The van der Waals surface area contributed by atoms with Gasteiger partial charge < -0.3 is 14.9 Å². The van der Waals surface area contributed by atoms with Crippen LogP contribution in [0.25, 0.3) is 16.7 Å². The predicted octanol–water partition coefficient (Wildman–Crippen LogP) is 11.1. The molecular formula is C45H41N11O12S4. The molecule has 23 nitrogen and oxygen atoms in total. The number of rotatable bonds is 20. The van der Waals surface area contributed by atoms with Crippen molar-refractivity contribution in [2.24, 2.45) is 40.9 Å². The summed E-state index contributed by atoms with van der Waals surface area (Å²) in [7, 11) is -13.5. The first-order chi connectivity index (χ1) is 34.2. The second-order valence-electron chi connectivity index (χ2n) is 15.5. The van der Waals surface area contributed by atoms with Crippen LogP contribution in [0.2, 0.25) is 0 Å². The molecule has 2 heterocycles. The number of aromatic hydroxyl groups is 1. The highest BCUT2D eigenvalue weighted by Gasteiger charge is 2.22. The Bertz CT molecular complexity index is 3730. The van der Waals surface area contributed by atoms with Crippen LogP contribution in [0.3, 0.4) is 0 Å². The normalized spacial score (nSPS) is 12.6. The Kier molecular flexibility index (Phi) is 16.3. The van der Waals surface area contributed by atoms with E-state index in [0.717, 1.165) is 17.8 Å². The number of para-hydroxylation sites is 2. The number of aliphatic hydroxyl groups is 1. The van der Waals surface area contributed by atoms with Crippen molar-refractivity contribution < 1.29 is 53.9 Å². The van der Waals surface area contributed by atoms with E-state index in [4.69, 9.17) is 4.74 Å². The quantitative estimate of drug-likeness (QED) is 0.0205. The fourth-order valence-electron chi connectivity index (χ4n) is 6.83. The second kappa shape index (κ2) is 22.3. The monoisotopic (exact) mass is 1060 g/mol. The minimum absolute atomic E-state index is 0.000334. The molecule has 0 aliphatic carbocycles. The molecule has 0 fully saturated rings. The van der Waals surface area contributed by atoms with E-state index in [2.05, 4.69) is 52.0 Å². The lowest BCUT2D eigenvalue weighted by Crippen LogP contribution is -2.08. The number of azo groups is 4. The van der Waals surface area contributed by atoms with Crippen molar-refractivity contribution in [3.8, 4) is 17.7 Å².